The van der Waals surface area contributed by atoms with E-state index in [1.807, 2.05) is 25.1 Å². The summed E-state index contributed by atoms with van der Waals surface area (Å²) < 4.78 is 20.3. The molecule has 1 aromatic heterocycles. The number of nitrogens with one attached hydrogen (secondary N) is 1. The Labute approximate surface area is 122 Å². The van der Waals surface area contributed by atoms with Crippen LogP contribution in [-0.4, -0.2) is 6.54 Å². The first-order valence-corrected chi connectivity index (χ1v) is 7.14. The minimum Gasteiger partial charge on any atom is -0.452 e. The van der Waals surface area contributed by atoms with Crippen LogP contribution in [0.5, 0.6) is 0 Å². The van der Waals surface area contributed by atoms with Crippen LogP contribution in [0.15, 0.2) is 43.9 Å². The lowest BCUT2D eigenvalue weighted by molar-refractivity contribution is 0.436. The Morgan fingerprint density at radius 2 is 2.06 bits per heavy atom. The Balaban J connectivity index is 2.44. The lowest BCUT2D eigenvalue weighted by Gasteiger charge is -2.17. The third kappa shape index (κ3) is 2.84. The van der Waals surface area contributed by atoms with Gasteiger partial charge in [-0.3, -0.25) is 0 Å². The Morgan fingerprint density at radius 3 is 2.67 bits per heavy atom. The molecule has 0 aliphatic carbocycles. The van der Waals surface area contributed by atoms with Crippen molar-refractivity contribution >= 4 is 31.9 Å². The standard InChI is InChI=1S/C13H12Br2FNO/c1-2-17-13(10-6-7-11(14)18-10)8-4-3-5-9(16)12(8)15/h3-7,13,17H,2H2,1H3. The molecular weight excluding hydrogens is 365 g/mol. The van der Waals surface area contributed by atoms with Crippen molar-refractivity contribution in [1.29, 1.82) is 0 Å². The molecule has 2 aromatic rings. The van der Waals surface area contributed by atoms with Crippen LogP contribution in [0.3, 0.4) is 0 Å². The van der Waals surface area contributed by atoms with Gasteiger partial charge in [0, 0.05) is 0 Å². The van der Waals surface area contributed by atoms with Crippen molar-refractivity contribution in [2.24, 2.45) is 0 Å². The predicted octanol–water partition coefficient (Wildman–Crippen LogP) is 4.64. The average Bonchev–Trinajstić information content (AvgIpc) is 2.77. The Kier molecular flexibility index (Phi) is 4.59. The molecule has 0 bridgehead atoms. The van der Waals surface area contributed by atoms with Gasteiger partial charge in [-0.1, -0.05) is 19.1 Å². The highest BCUT2D eigenvalue weighted by atomic mass is 79.9. The number of furan rings is 1. The highest BCUT2D eigenvalue weighted by Gasteiger charge is 2.20. The van der Waals surface area contributed by atoms with E-state index in [1.165, 1.54) is 6.07 Å². The quantitative estimate of drug-likeness (QED) is 0.840. The summed E-state index contributed by atoms with van der Waals surface area (Å²) in [4.78, 5) is 0. The van der Waals surface area contributed by atoms with Crippen molar-refractivity contribution < 1.29 is 8.81 Å². The second kappa shape index (κ2) is 5.99. The van der Waals surface area contributed by atoms with E-state index in [9.17, 15) is 4.39 Å². The van der Waals surface area contributed by atoms with E-state index in [4.69, 9.17) is 4.42 Å². The van der Waals surface area contributed by atoms with Gasteiger partial charge in [-0.15, -0.1) is 0 Å². The maximum Gasteiger partial charge on any atom is 0.169 e. The minimum absolute atomic E-state index is 0.175. The van der Waals surface area contributed by atoms with Crippen LogP contribution in [0.2, 0.25) is 0 Å². The largest absolute Gasteiger partial charge is 0.452 e. The zero-order valence-corrected chi connectivity index (χ0v) is 12.9. The van der Waals surface area contributed by atoms with Gasteiger partial charge >= 0.3 is 0 Å². The average molecular weight is 377 g/mol. The number of halogens is 3. The van der Waals surface area contributed by atoms with Crippen LogP contribution in [0.25, 0.3) is 0 Å². The summed E-state index contributed by atoms with van der Waals surface area (Å²) in [5, 5.41) is 3.29. The maximum absolute atomic E-state index is 13.6. The Bertz CT molecular complexity index is 542. The molecule has 1 unspecified atom stereocenters. The molecule has 0 saturated heterocycles. The zero-order valence-electron chi connectivity index (χ0n) is 9.71. The third-order valence-corrected chi connectivity index (χ3v) is 3.84. The molecule has 0 amide bonds. The molecule has 0 spiro atoms. The van der Waals surface area contributed by atoms with Crippen LogP contribution in [0.1, 0.15) is 24.3 Å². The number of hydrogen-bond acceptors (Lipinski definition) is 2. The highest BCUT2D eigenvalue weighted by Crippen LogP contribution is 2.32. The second-order valence-corrected chi connectivity index (χ2v) is 5.35. The molecule has 0 fully saturated rings. The normalized spacial score (nSPS) is 12.7. The Hall–Kier alpha value is -0.650. The minimum atomic E-state index is -0.277. The van der Waals surface area contributed by atoms with Gasteiger partial charge in [-0.05, 0) is 62.2 Å². The van der Waals surface area contributed by atoms with Crippen LogP contribution >= 0.6 is 31.9 Å². The van der Waals surface area contributed by atoms with Gasteiger partial charge in [0.05, 0.1) is 10.5 Å². The predicted molar refractivity (Wildman–Crippen MR) is 76.0 cm³/mol. The molecule has 2 nitrogen and oxygen atoms in total. The molecule has 1 N–H and O–H groups in total. The molecule has 0 saturated carbocycles. The molecule has 0 aliphatic heterocycles. The third-order valence-electron chi connectivity index (χ3n) is 2.58. The molecule has 0 radical (unpaired) electrons. The van der Waals surface area contributed by atoms with E-state index in [0.29, 0.717) is 9.14 Å². The summed E-state index contributed by atoms with van der Waals surface area (Å²) in [5.74, 6) is 0.469. The summed E-state index contributed by atoms with van der Waals surface area (Å²) in [7, 11) is 0. The Morgan fingerprint density at radius 1 is 1.28 bits per heavy atom. The monoisotopic (exact) mass is 375 g/mol. The molecule has 0 aliphatic rings. The smallest absolute Gasteiger partial charge is 0.169 e. The molecular formula is C13H12Br2FNO. The van der Waals surface area contributed by atoms with Gasteiger partial charge in [-0.2, -0.15) is 0 Å². The van der Waals surface area contributed by atoms with E-state index in [0.717, 1.165) is 17.9 Å². The van der Waals surface area contributed by atoms with E-state index < -0.39 is 0 Å². The fourth-order valence-corrected chi connectivity index (χ4v) is 2.61. The molecule has 2 rings (SSSR count). The highest BCUT2D eigenvalue weighted by molar-refractivity contribution is 9.10. The van der Waals surface area contributed by atoms with Crippen molar-refractivity contribution in [3.05, 3.63) is 56.6 Å². The number of benzene rings is 1. The SMILES string of the molecule is CCNC(c1ccc(Br)o1)c1cccc(F)c1Br. The summed E-state index contributed by atoms with van der Waals surface area (Å²) in [6.07, 6.45) is 0. The summed E-state index contributed by atoms with van der Waals surface area (Å²) in [6, 6.07) is 8.51. The van der Waals surface area contributed by atoms with Crippen LogP contribution < -0.4 is 5.32 Å². The molecule has 1 atom stereocenters. The zero-order chi connectivity index (χ0) is 13.1. The second-order valence-electron chi connectivity index (χ2n) is 3.78. The van der Waals surface area contributed by atoms with Gasteiger partial charge in [0.25, 0.3) is 0 Å². The first kappa shape index (κ1) is 13.8. The van der Waals surface area contributed by atoms with Crippen molar-refractivity contribution in [3.63, 3.8) is 0 Å². The van der Waals surface area contributed by atoms with Crippen LogP contribution in [0.4, 0.5) is 4.39 Å². The van der Waals surface area contributed by atoms with Gasteiger partial charge < -0.3 is 9.73 Å². The summed E-state index contributed by atoms with van der Waals surface area (Å²) in [5.41, 5.74) is 0.818. The van der Waals surface area contributed by atoms with Crippen LogP contribution in [-0.2, 0) is 0 Å². The van der Waals surface area contributed by atoms with E-state index in [-0.39, 0.29) is 11.9 Å². The van der Waals surface area contributed by atoms with Gasteiger partial charge in [0.15, 0.2) is 4.67 Å². The van der Waals surface area contributed by atoms with E-state index >= 15 is 0 Å². The lowest BCUT2D eigenvalue weighted by atomic mass is 10.0. The van der Waals surface area contributed by atoms with Crippen molar-refractivity contribution in [2.75, 3.05) is 6.54 Å². The van der Waals surface area contributed by atoms with Gasteiger partial charge in [0.1, 0.15) is 11.6 Å². The number of hydrogen-bond donors (Lipinski definition) is 1. The first-order valence-electron chi connectivity index (χ1n) is 5.56. The molecule has 5 heteroatoms. The van der Waals surface area contributed by atoms with Gasteiger partial charge in [-0.25, -0.2) is 4.39 Å². The maximum atomic E-state index is 13.6. The fourth-order valence-electron chi connectivity index (χ4n) is 1.79. The van der Waals surface area contributed by atoms with E-state index in [2.05, 4.69) is 37.2 Å². The first-order chi connectivity index (χ1) is 8.63. The molecule has 1 aromatic carbocycles. The molecule has 18 heavy (non-hydrogen) atoms. The molecule has 96 valence electrons. The van der Waals surface area contributed by atoms with Crippen LogP contribution in [0, 0.1) is 5.82 Å². The van der Waals surface area contributed by atoms with Crippen molar-refractivity contribution in [1.82, 2.24) is 5.32 Å². The topological polar surface area (TPSA) is 25.2 Å². The number of rotatable bonds is 4. The summed E-state index contributed by atoms with van der Waals surface area (Å²) in [6.45, 7) is 2.75. The molecule has 1 heterocycles. The lowest BCUT2D eigenvalue weighted by Crippen LogP contribution is -2.22. The summed E-state index contributed by atoms with van der Waals surface area (Å²) >= 11 is 6.56. The van der Waals surface area contributed by atoms with E-state index in [1.54, 1.807) is 6.07 Å². The van der Waals surface area contributed by atoms with Gasteiger partial charge in [0.2, 0.25) is 0 Å². The fraction of sp³-hybridized carbons (Fsp3) is 0.231. The van der Waals surface area contributed by atoms with Crippen molar-refractivity contribution in [2.45, 2.75) is 13.0 Å². The van der Waals surface area contributed by atoms with Crippen molar-refractivity contribution in [3.8, 4) is 0 Å².